The summed E-state index contributed by atoms with van der Waals surface area (Å²) < 4.78 is 0. The van der Waals surface area contributed by atoms with E-state index in [0.717, 1.165) is 37.1 Å². The minimum absolute atomic E-state index is 0. The summed E-state index contributed by atoms with van der Waals surface area (Å²) in [6.45, 7) is 2.22. The molecule has 0 unspecified atom stereocenters. The van der Waals surface area contributed by atoms with Crippen molar-refractivity contribution in [3.05, 3.63) is 60.2 Å². The quantitative estimate of drug-likeness (QED) is 0.765. The third-order valence-electron chi connectivity index (χ3n) is 5.18. The van der Waals surface area contributed by atoms with E-state index in [0.29, 0.717) is 18.0 Å². The number of amides is 1. The van der Waals surface area contributed by atoms with E-state index in [1.165, 1.54) is 0 Å². The molecule has 27 heavy (non-hydrogen) atoms. The summed E-state index contributed by atoms with van der Waals surface area (Å²) in [6, 6.07) is 17.7. The number of carbonyl (C=O) groups is 2. The predicted octanol–water partition coefficient (Wildman–Crippen LogP) is 3.94. The van der Waals surface area contributed by atoms with E-state index in [-0.39, 0.29) is 36.9 Å². The highest BCUT2D eigenvalue weighted by Gasteiger charge is 2.22. The largest absolute Gasteiger partial charge is 0.343 e. The highest BCUT2D eigenvalue weighted by Crippen LogP contribution is 2.20. The number of piperidine rings is 1. The van der Waals surface area contributed by atoms with Gasteiger partial charge in [0, 0.05) is 31.5 Å². The van der Waals surface area contributed by atoms with Crippen LogP contribution in [0, 0.1) is 5.92 Å². The van der Waals surface area contributed by atoms with Gasteiger partial charge >= 0.3 is 0 Å². The second kappa shape index (κ2) is 10.2. The smallest absolute Gasteiger partial charge is 0.223 e. The van der Waals surface area contributed by atoms with Gasteiger partial charge in [-0.05, 0) is 36.4 Å². The summed E-state index contributed by atoms with van der Waals surface area (Å²) in [5.41, 5.74) is 8.56. The van der Waals surface area contributed by atoms with Crippen molar-refractivity contribution in [2.24, 2.45) is 11.7 Å². The first-order valence-corrected chi connectivity index (χ1v) is 9.34. The van der Waals surface area contributed by atoms with Crippen LogP contribution in [0.3, 0.4) is 0 Å². The van der Waals surface area contributed by atoms with Crippen molar-refractivity contribution < 1.29 is 9.59 Å². The molecule has 0 aromatic heterocycles. The van der Waals surface area contributed by atoms with E-state index in [2.05, 4.69) is 0 Å². The molecule has 1 heterocycles. The Bertz CT molecular complexity index is 739. The molecule has 1 saturated heterocycles. The Hall–Kier alpha value is -2.17. The molecule has 2 N–H and O–H groups in total. The molecule has 0 aliphatic carbocycles. The maximum absolute atomic E-state index is 12.4. The van der Waals surface area contributed by atoms with E-state index >= 15 is 0 Å². The average molecular weight is 387 g/mol. The molecule has 3 rings (SSSR count). The van der Waals surface area contributed by atoms with E-state index in [9.17, 15) is 9.59 Å². The van der Waals surface area contributed by atoms with Gasteiger partial charge in [0.2, 0.25) is 5.91 Å². The van der Waals surface area contributed by atoms with Gasteiger partial charge in [-0.2, -0.15) is 0 Å². The van der Waals surface area contributed by atoms with Gasteiger partial charge in [0.05, 0.1) is 0 Å². The topological polar surface area (TPSA) is 63.4 Å². The van der Waals surface area contributed by atoms with Crippen molar-refractivity contribution in [3.63, 3.8) is 0 Å². The monoisotopic (exact) mass is 386 g/mol. The van der Waals surface area contributed by atoms with Crippen LogP contribution in [0.2, 0.25) is 0 Å². The van der Waals surface area contributed by atoms with E-state index in [4.69, 9.17) is 5.73 Å². The summed E-state index contributed by atoms with van der Waals surface area (Å²) in [5, 5.41) is 0. The first-order valence-electron chi connectivity index (χ1n) is 9.34. The molecule has 4 nitrogen and oxygen atoms in total. The lowest BCUT2D eigenvalue weighted by Gasteiger charge is -2.31. The molecule has 1 amide bonds. The van der Waals surface area contributed by atoms with Crippen LogP contribution in [0.25, 0.3) is 11.1 Å². The van der Waals surface area contributed by atoms with Crippen LogP contribution in [0.1, 0.15) is 36.0 Å². The van der Waals surface area contributed by atoms with Crippen LogP contribution in [0.15, 0.2) is 54.6 Å². The van der Waals surface area contributed by atoms with Gasteiger partial charge in [-0.3, -0.25) is 9.59 Å². The van der Waals surface area contributed by atoms with Gasteiger partial charge in [-0.15, -0.1) is 12.4 Å². The number of benzene rings is 2. The summed E-state index contributed by atoms with van der Waals surface area (Å²) >= 11 is 0. The molecule has 1 fully saturated rings. The molecule has 2 aromatic rings. The molecule has 0 atom stereocenters. The van der Waals surface area contributed by atoms with Crippen molar-refractivity contribution in [2.45, 2.75) is 25.7 Å². The molecule has 2 aromatic carbocycles. The average Bonchev–Trinajstić information content (AvgIpc) is 2.72. The lowest BCUT2D eigenvalue weighted by Crippen LogP contribution is -2.40. The molecular formula is C22H27ClN2O2. The van der Waals surface area contributed by atoms with Crippen molar-refractivity contribution in [1.82, 2.24) is 4.90 Å². The Morgan fingerprint density at radius 3 is 2.07 bits per heavy atom. The minimum atomic E-state index is 0. The van der Waals surface area contributed by atoms with Gasteiger partial charge in [0.1, 0.15) is 0 Å². The first kappa shape index (κ1) is 21.1. The summed E-state index contributed by atoms with van der Waals surface area (Å²) in [7, 11) is 0. The molecule has 5 heteroatoms. The molecule has 0 bridgehead atoms. The van der Waals surface area contributed by atoms with Gasteiger partial charge in [-0.1, -0.05) is 54.6 Å². The van der Waals surface area contributed by atoms with E-state index in [1.807, 2.05) is 59.5 Å². The number of nitrogens with two attached hydrogens (primary N) is 1. The third-order valence-corrected chi connectivity index (χ3v) is 5.18. The number of halogens is 1. The van der Waals surface area contributed by atoms with Crippen LogP contribution in [-0.2, 0) is 4.79 Å². The van der Waals surface area contributed by atoms with Gasteiger partial charge in [0.25, 0.3) is 0 Å². The normalized spacial score (nSPS) is 14.5. The second-order valence-electron chi connectivity index (χ2n) is 6.93. The predicted molar refractivity (Wildman–Crippen MR) is 111 cm³/mol. The molecule has 1 aliphatic rings. The second-order valence-corrected chi connectivity index (χ2v) is 6.93. The van der Waals surface area contributed by atoms with Gasteiger partial charge in [0.15, 0.2) is 5.78 Å². The lowest BCUT2D eigenvalue weighted by atomic mass is 9.96. The number of carbonyl (C=O) groups excluding carboxylic acids is 2. The van der Waals surface area contributed by atoms with Crippen molar-refractivity contribution in [1.29, 1.82) is 0 Å². The number of likely N-dealkylation sites (tertiary alicyclic amines) is 1. The van der Waals surface area contributed by atoms with Gasteiger partial charge < -0.3 is 10.6 Å². The Morgan fingerprint density at radius 1 is 0.889 bits per heavy atom. The number of Topliss-reactive ketones (excluding diaryl/α,β-unsaturated/α-hetero) is 1. The zero-order valence-corrected chi connectivity index (χ0v) is 16.3. The molecular weight excluding hydrogens is 360 g/mol. The van der Waals surface area contributed by atoms with Crippen molar-refractivity contribution in [2.75, 3.05) is 19.6 Å². The van der Waals surface area contributed by atoms with Crippen molar-refractivity contribution in [3.8, 4) is 11.1 Å². The van der Waals surface area contributed by atoms with Crippen LogP contribution in [-0.4, -0.2) is 36.2 Å². The first-order chi connectivity index (χ1) is 12.7. The number of hydrogen-bond acceptors (Lipinski definition) is 3. The zero-order chi connectivity index (χ0) is 18.4. The maximum atomic E-state index is 12.4. The fourth-order valence-electron chi connectivity index (χ4n) is 3.42. The lowest BCUT2D eigenvalue weighted by molar-refractivity contribution is -0.132. The Kier molecular flexibility index (Phi) is 8.01. The number of hydrogen-bond donors (Lipinski definition) is 1. The summed E-state index contributed by atoms with van der Waals surface area (Å²) in [5.74, 6) is 0.633. The summed E-state index contributed by atoms with van der Waals surface area (Å²) in [6.07, 6.45) is 2.49. The molecule has 0 radical (unpaired) electrons. The third kappa shape index (κ3) is 5.65. The Morgan fingerprint density at radius 2 is 1.48 bits per heavy atom. The molecule has 0 saturated carbocycles. The Balaban J connectivity index is 0.00000261. The molecule has 144 valence electrons. The fraction of sp³-hybridized carbons (Fsp3) is 0.364. The molecule has 1 aliphatic heterocycles. The zero-order valence-electron chi connectivity index (χ0n) is 15.5. The molecule has 0 spiro atoms. The van der Waals surface area contributed by atoms with Crippen molar-refractivity contribution >= 4 is 24.1 Å². The van der Waals surface area contributed by atoms with Crippen LogP contribution >= 0.6 is 12.4 Å². The minimum Gasteiger partial charge on any atom is -0.343 e. The van der Waals surface area contributed by atoms with E-state index < -0.39 is 0 Å². The van der Waals surface area contributed by atoms with E-state index in [1.54, 1.807) is 0 Å². The maximum Gasteiger partial charge on any atom is 0.223 e. The Labute approximate surface area is 167 Å². The highest BCUT2D eigenvalue weighted by atomic mass is 35.5. The summed E-state index contributed by atoms with van der Waals surface area (Å²) in [4.78, 5) is 26.6. The highest BCUT2D eigenvalue weighted by molar-refractivity contribution is 5.98. The fourth-order valence-corrected chi connectivity index (χ4v) is 3.42. The van der Waals surface area contributed by atoms with Crippen LogP contribution in [0.5, 0.6) is 0 Å². The number of rotatable bonds is 6. The van der Waals surface area contributed by atoms with Crippen LogP contribution in [0.4, 0.5) is 0 Å². The van der Waals surface area contributed by atoms with Gasteiger partial charge in [-0.25, -0.2) is 0 Å². The number of ketones is 1. The SMILES string of the molecule is Cl.NCC1CCN(C(=O)CCC(=O)c2ccc(-c3ccccc3)cc2)CC1. The van der Waals surface area contributed by atoms with Crippen LogP contribution < -0.4 is 5.73 Å². The standard InChI is InChI=1S/C22H26N2O2.ClH/c23-16-17-12-14-24(15-13-17)22(26)11-10-21(25)20-8-6-19(7-9-20)18-4-2-1-3-5-18;/h1-9,17H,10-16,23H2;1H. The number of nitrogens with zero attached hydrogens (tertiary/aromatic N) is 1.